The molecule has 2 aromatic heterocycles. The number of nitrogens with one attached hydrogen (secondary N) is 2. The van der Waals surface area contributed by atoms with Gasteiger partial charge in [-0.25, -0.2) is 9.89 Å². The fraction of sp³-hybridized carbons (Fsp3) is 0.133. The molecule has 3 aromatic rings. The molecule has 124 valence electrons. The van der Waals surface area contributed by atoms with Crippen molar-refractivity contribution in [3.05, 3.63) is 68.4 Å². The predicted molar refractivity (Wildman–Crippen MR) is 94.7 cm³/mol. The van der Waals surface area contributed by atoms with Crippen LogP contribution in [0.2, 0.25) is 10.0 Å². The number of benzene rings is 1. The fourth-order valence-corrected chi connectivity index (χ4v) is 3.37. The van der Waals surface area contributed by atoms with Gasteiger partial charge in [-0.1, -0.05) is 41.0 Å². The van der Waals surface area contributed by atoms with E-state index in [4.69, 9.17) is 27.6 Å². The summed E-state index contributed by atoms with van der Waals surface area (Å²) in [4.78, 5) is 15.4. The van der Waals surface area contributed by atoms with Gasteiger partial charge in [0.15, 0.2) is 10.8 Å². The van der Waals surface area contributed by atoms with E-state index in [1.165, 1.54) is 11.8 Å². The number of aromatic amines is 1. The maximum atomic E-state index is 11.4. The number of nitrogens with zero attached hydrogens (tertiary/aromatic N) is 2. The molecule has 0 spiro atoms. The Morgan fingerprint density at radius 2 is 2.17 bits per heavy atom. The number of aromatic nitrogens is 3. The smallest absolute Gasteiger partial charge is 0.363 e. The van der Waals surface area contributed by atoms with Crippen molar-refractivity contribution in [1.82, 2.24) is 15.2 Å². The molecule has 24 heavy (non-hydrogen) atoms. The highest BCUT2D eigenvalue weighted by Gasteiger charge is 2.10. The Labute approximate surface area is 151 Å². The van der Waals surface area contributed by atoms with Crippen molar-refractivity contribution in [2.24, 2.45) is 0 Å². The third-order valence-corrected chi connectivity index (χ3v) is 4.66. The van der Waals surface area contributed by atoms with Crippen LogP contribution in [-0.2, 0) is 12.3 Å². The first-order chi connectivity index (χ1) is 11.6. The molecule has 0 unspecified atom stereocenters. The van der Waals surface area contributed by atoms with E-state index in [1.807, 2.05) is 12.1 Å². The van der Waals surface area contributed by atoms with Crippen molar-refractivity contribution < 1.29 is 4.42 Å². The maximum absolute atomic E-state index is 11.4. The van der Waals surface area contributed by atoms with Crippen molar-refractivity contribution in [2.45, 2.75) is 17.3 Å². The number of furan rings is 1. The molecule has 0 atom stereocenters. The molecule has 0 radical (unpaired) electrons. The minimum atomic E-state index is -0.522. The van der Waals surface area contributed by atoms with Crippen molar-refractivity contribution in [2.75, 3.05) is 5.32 Å². The molecule has 0 aliphatic heterocycles. The first-order valence-electron chi connectivity index (χ1n) is 6.91. The number of halogens is 2. The SMILES string of the molecule is O=c1nc(NCc2ccco2)c(SCc2ccc(Cl)cc2Cl)n[nH]1. The number of thioether (sulfide) groups is 1. The lowest BCUT2D eigenvalue weighted by atomic mass is 10.2. The molecular formula is C15H12Cl2N4O2S. The largest absolute Gasteiger partial charge is 0.467 e. The minimum absolute atomic E-state index is 0.394. The van der Waals surface area contributed by atoms with Crippen LogP contribution in [0.1, 0.15) is 11.3 Å². The summed E-state index contributed by atoms with van der Waals surface area (Å²) in [6.45, 7) is 0.403. The second-order valence-corrected chi connectivity index (χ2v) is 6.56. The Hall–Kier alpha value is -1.96. The lowest BCUT2D eigenvalue weighted by Gasteiger charge is -2.08. The monoisotopic (exact) mass is 382 g/mol. The van der Waals surface area contributed by atoms with Crippen LogP contribution in [0, 0.1) is 0 Å². The molecule has 0 saturated heterocycles. The average Bonchev–Trinajstić information content (AvgIpc) is 3.07. The summed E-state index contributed by atoms with van der Waals surface area (Å²) in [5, 5.41) is 11.2. The van der Waals surface area contributed by atoms with Gasteiger partial charge in [-0.05, 0) is 29.8 Å². The molecule has 0 bridgehead atoms. The van der Waals surface area contributed by atoms with Crippen LogP contribution >= 0.6 is 35.0 Å². The first kappa shape index (κ1) is 16.9. The molecular weight excluding hydrogens is 371 g/mol. The quantitative estimate of drug-likeness (QED) is 0.627. The highest BCUT2D eigenvalue weighted by atomic mass is 35.5. The van der Waals surface area contributed by atoms with E-state index in [9.17, 15) is 4.79 Å². The summed E-state index contributed by atoms with van der Waals surface area (Å²) in [5.41, 5.74) is 0.391. The summed E-state index contributed by atoms with van der Waals surface area (Å²) in [5.74, 6) is 1.69. The molecule has 0 aliphatic rings. The summed E-state index contributed by atoms with van der Waals surface area (Å²) in [6.07, 6.45) is 1.58. The Morgan fingerprint density at radius 3 is 2.92 bits per heavy atom. The van der Waals surface area contributed by atoms with Crippen LogP contribution in [0.5, 0.6) is 0 Å². The number of anilines is 1. The Morgan fingerprint density at radius 1 is 1.29 bits per heavy atom. The molecule has 3 rings (SSSR count). The highest BCUT2D eigenvalue weighted by Crippen LogP contribution is 2.29. The van der Waals surface area contributed by atoms with Gasteiger partial charge in [0.1, 0.15) is 5.76 Å². The normalized spacial score (nSPS) is 10.8. The third kappa shape index (κ3) is 4.31. The summed E-state index contributed by atoms with van der Waals surface area (Å²) < 4.78 is 5.25. The van der Waals surface area contributed by atoms with E-state index in [2.05, 4.69) is 20.5 Å². The minimum Gasteiger partial charge on any atom is -0.467 e. The standard InChI is InChI=1S/C15H12Cl2N4O2S/c16-10-4-3-9(12(17)6-10)8-24-14-13(19-15(22)21-20-14)18-7-11-2-1-5-23-11/h1-6H,7-8H2,(H2,18,19,21,22). The van der Waals surface area contributed by atoms with E-state index >= 15 is 0 Å². The summed E-state index contributed by atoms with van der Waals surface area (Å²) >= 11 is 13.5. The lowest BCUT2D eigenvalue weighted by molar-refractivity contribution is 0.517. The van der Waals surface area contributed by atoms with Gasteiger partial charge in [-0.15, -0.1) is 0 Å². The van der Waals surface area contributed by atoms with Gasteiger partial charge in [0.25, 0.3) is 0 Å². The molecule has 0 saturated carbocycles. The average molecular weight is 383 g/mol. The predicted octanol–water partition coefficient (Wildman–Crippen LogP) is 3.97. The molecule has 2 N–H and O–H groups in total. The molecule has 0 amide bonds. The lowest BCUT2D eigenvalue weighted by Crippen LogP contribution is -2.16. The van der Waals surface area contributed by atoms with Crippen molar-refractivity contribution in [3.63, 3.8) is 0 Å². The van der Waals surface area contributed by atoms with Crippen molar-refractivity contribution in [3.8, 4) is 0 Å². The van der Waals surface area contributed by atoms with E-state index in [-0.39, 0.29) is 0 Å². The highest BCUT2D eigenvalue weighted by molar-refractivity contribution is 7.98. The molecule has 1 aromatic carbocycles. The Bertz CT molecular complexity index is 883. The van der Waals surface area contributed by atoms with Crippen molar-refractivity contribution >= 4 is 40.8 Å². The molecule has 2 heterocycles. The summed E-state index contributed by atoms with van der Waals surface area (Å²) in [6, 6.07) is 8.94. The van der Waals surface area contributed by atoms with Gasteiger partial charge in [-0.3, -0.25) is 0 Å². The molecule has 6 nitrogen and oxygen atoms in total. The molecule has 0 aliphatic carbocycles. The second-order valence-electron chi connectivity index (χ2n) is 4.75. The van der Waals surface area contributed by atoms with Crippen molar-refractivity contribution in [1.29, 1.82) is 0 Å². The number of hydrogen-bond acceptors (Lipinski definition) is 6. The van der Waals surface area contributed by atoms with Crippen LogP contribution in [0.4, 0.5) is 5.82 Å². The Kier molecular flexibility index (Phi) is 5.44. The van der Waals surface area contributed by atoms with Gasteiger partial charge in [0, 0.05) is 15.8 Å². The van der Waals surface area contributed by atoms with E-state index in [0.29, 0.717) is 33.2 Å². The van der Waals surface area contributed by atoms with E-state index < -0.39 is 5.69 Å². The zero-order valence-corrected chi connectivity index (χ0v) is 14.6. The van der Waals surface area contributed by atoms with Gasteiger partial charge >= 0.3 is 5.69 Å². The van der Waals surface area contributed by atoms with E-state index in [0.717, 1.165) is 11.3 Å². The zero-order valence-electron chi connectivity index (χ0n) is 12.3. The summed E-state index contributed by atoms with van der Waals surface area (Å²) in [7, 11) is 0. The number of H-pyrrole nitrogens is 1. The van der Waals surface area contributed by atoms with Gasteiger partial charge in [-0.2, -0.15) is 10.1 Å². The van der Waals surface area contributed by atoms with Crippen LogP contribution < -0.4 is 11.0 Å². The van der Waals surface area contributed by atoms with Gasteiger partial charge in [0.05, 0.1) is 12.8 Å². The topological polar surface area (TPSA) is 83.8 Å². The molecule has 0 fully saturated rings. The third-order valence-electron chi connectivity index (χ3n) is 3.06. The Balaban J connectivity index is 1.73. The zero-order chi connectivity index (χ0) is 16.9. The number of hydrogen-bond donors (Lipinski definition) is 2. The van der Waals surface area contributed by atoms with Gasteiger partial charge < -0.3 is 9.73 Å². The fourth-order valence-electron chi connectivity index (χ4n) is 1.91. The van der Waals surface area contributed by atoms with E-state index in [1.54, 1.807) is 24.5 Å². The van der Waals surface area contributed by atoms with Gasteiger partial charge in [0.2, 0.25) is 0 Å². The molecule has 9 heteroatoms. The van der Waals surface area contributed by atoms with Crippen LogP contribution in [0.3, 0.4) is 0 Å². The van der Waals surface area contributed by atoms with Crippen LogP contribution in [-0.4, -0.2) is 15.2 Å². The number of rotatable bonds is 6. The maximum Gasteiger partial charge on any atom is 0.363 e. The van der Waals surface area contributed by atoms with Crippen LogP contribution in [0.15, 0.2) is 50.8 Å². The first-order valence-corrected chi connectivity index (χ1v) is 8.65. The second kappa shape index (κ2) is 7.74. The van der Waals surface area contributed by atoms with Crippen LogP contribution in [0.25, 0.3) is 0 Å².